The molecule has 0 aromatic rings. The van der Waals surface area contributed by atoms with Crippen molar-refractivity contribution < 1.29 is 0 Å². The van der Waals surface area contributed by atoms with Crippen molar-refractivity contribution in [3.8, 4) is 0 Å². The Morgan fingerprint density at radius 1 is 1.30 bits per heavy atom. The summed E-state index contributed by atoms with van der Waals surface area (Å²) in [5, 5.41) is 3.61. The van der Waals surface area contributed by atoms with E-state index in [0.29, 0.717) is 0 Å². The Labute approximate surface area is 63.2 Å². The Bertz CT molecular complexity index is 108. The standard InChI is InChI=1S/C9H17N/c1-2-4-7-8-5-3-6-9(7)10-8/h7-10H,2-6H2,1H3. The second-order valence-corrected chi connectivity index (χ2v) is 3.76. The molecule has 2 saturated heterocycles. The molecule has 0 spiro atoms. The minimum atomic E-state index is 0.915. The highest BCUT2D eigenvalue weighted by Gasteiger charge is 2.41. The lowest BCUT2D eigenvalue weighted by Crippen LogP contribution is -2.63. The highest BCUT2D eigenvalue weighted by atomic mass is 15.1. The maximum Gasteiger partial charge on any atom is 0.0113 e. The molecule has 1 saturated carbocycles. The van der Waals surface area contributed by atoms with Gasteiger partial charge in [-0.15, -0.1) is 0 Å². The lowest BCUT2D eigenvalue weighted by atomic mass is 9.71. The van der Waals surface area contributed by atoms with Gasteiger partial charge in [0.05, 0.1) is 0 Å². The maximum absolute atomic E-state index is 3.61. The van der Waals surface area contributed by atoms with Crippen LogP contribution in [0.2, 0.25) is 0 Å². The molecule has 0 amide bonds. The Balaban J connectivity index is 1.87. The van der Waals surface area contributed by atoms with E-state index in [1.807, 2.05) is 0 Å². The molecule has 3 fully saturated rings. The fraction of sp³-hybridized carbons (Fsp3) is 1.00. The fourth-order valence-electron chi connectivity index (χ4n) is 2.57. The summed E-state index contributed by atoms with van der Waals surface area (Å²) < 4.78 is 0. The molecule has 1 heteroatoms. The maximum atomic E-state index is 3.61. The van der Waals surface area contributed by atoms with Crippen LogP contribution in [-0.2, 0) is 0 Å². The van der Waals surface area contributed by atoms with Crippen LogP contribution in [0.25, 0.3) is 0 Å². The highest BCUT2D eigenvalue weighted by molar-refractivity contribution is 5.00. The largest absolute Gasteiger partial charge is 0.311 e. The summed E-state index contributed by atoms with van der Waals surface area (Å²) in [4.78, 5) is 0. The van der Waals surface area contributed by atoms with Crippen molar-refractivity contribution in [3.63, 3.8) is 0 Å². The van der Waals surface area contributed by atoms with E-state index >= 15 is 0 Å². The Kier molecular flexibility index (Phi) is 1.69. The van der Waals surface area contributed by atoms with Gasteiger partial charge < -0.3 is 5.32 Å². The van der Waals surface area contributed by atoms with Crippen LogP contribution >= 0.6 is 0 Å². The summed E-state index contributed by atoms with van der Waals surface area (Å²) in [5.41, 5.74) is 0. The lowest BCUT2D eigenvalue weighted by molar-refractivity contribution is 0.0738. The molecule has 0 aromatic heterocycles. The third-order valence-electron chi connectivity index (χ3n) is 3.11. The van der Waals surface area contributed by atoms with Gasteiger partial charge in [0.1, 0.15) is 0 Å². The van der Waals surface area contributed by atoms with Gasteiger partial charge in [0.15, 0.2) is 0 Å². The van der Waals surface area contributed by atoms with Crippen LogP contribution in [0.5, 0.6) is 0 Å². The van der Waals surface area contributed by atoms with E-state index in [0.717, 1.165) is 18.0 Å². The molecule has 1 nitrogen and oxygen atoms in total. The van der Waals surface area contributed by atoms with E-state index in [9.17, 15) is 0 Å². The minimum absolute atomic E-state index is 0.915. The molecular formula is C9H17N. The summed E-state index contributed by atoms with van der Waals surface area (Å²) in [5.74, 6) is 1.05. The van der Waals surface area contributed by atoms with Crippen molar-refractivity contribution in [1.82, 2.24) is 5.32 Å². The van der Waals surface area contributed by atoms with Crippen LogP contribution in [0.4, 0.5) is 0 Å². The number of hydrogen-bond acceptors (Lipinski definition) is 1. The van der Waals surface area contributed by atoms with Gasteiger partial charge in [-0.3, -0.25) is 0 Å². The van der Waals surface area contributed by atoms with Crippen molar-refractivity contribution in [2.45, 2.75) is 51.1 Å². The summed E-state index contributed by atoms with van der Waals surface area (Å²) in [6.45, 7) is 2.30. The Morgan fingerprint density at radius 2 is 2.00 bits per heavy atom. The van der Waals surface area contributed by atoms with E-state index in [1.165, 1.54) is 32.1 Å². The van der Waals surface area contributed by atoms with Gasteiger partial charge in [-0.1, -0.05) is 19.8 Å². The molecule has 10 heavy (non-hydrogen) atoms. The molecule has 3 aliphatic rings. The van der Waals surface area contributed by atoms with Crippen molar-refractivity contribution in [2.75, 3.05) is 0 Å². The first-order valence-corrected chi connectivity index (χ1v) is 4.68. The van der Waals surface area contributed by atoms with Gasteiger partial charge in [-0.05, 0) is 25.2 Å². The smallest absolute Gasteiger partial charge is 0.0113 e. The van der Waals surface area contributed by atoms with E-state index in [2.05, 4.69) is 12.2 Å². The molecule has 2 heterocycles. The SMILES string of the molecule is CCCC1C2CCCC1N2. The quantitative estimate of drug-likeness (QED) is 0.616. The van der Waals surface area contributed by atoms with Crippen molar-refractivity contribution >= 4 is 0 Å². The van der Waals surface area contributed by atoms with Gasteiger partial charge in [0, 0.05) is 12.1 Å². The lowest BCUT2D eigenvalue weighted by Gasteiger charge is -2.51. The van der Waals surface area contributed by atoms with E-state index in [4.69, 9.17) is 0 Å². The molecule has 58 valence electrons. The van der Waals surface area contributed by atoms with Gasteiger partial charge in [-0.25, -0.2) is 0 Å². The predicted molar refractivity (Wildman–Crippen MR) is 43.0 cm³/mol. The normalized spacial score (nSPS) is 44.7. The fourth-order valence-corrected chi connectivity index (χ4v) is 2.57. The van der Waals surface area contributed by atoms with Crippen molar-refractivity contribution in [3.05, 3.63) is 0 Å². The first-order chi connectivity index (χ1) is 4.92. The molecule has 0 aromatic carbocycles. The summed E-state index contributed by atoms with van der Waals surface area (Å²) in [6.07, 6.45) is 7.20. The highest BCUT2D eigenvalue weighted by Crippen LogP contribution is 2.36. The molecule has 2 bridgehead atoms. The van der Waals surface area contributed by atoms with Crippen LogP contribution in [-0.4, -0.2) is 12.1 Å². The molecule has 3 rings (SSSR count). The predicted octanol–water partition coefficient (Wildman–Crippen LogP) is 1.93. The molecule has 1 aliphatic carbocycles. The third-order valence-corrected chi connectivity index (χ3v) is 3.11. The zero-order chi connectivity index (χ0) is 6.97. The molecule has 2 atom stereocenters. The van der Waals surface area contributed by atoms with E-state index < -0.39 is 0 Å². The number of fused-ring (bicyclic) bond motifs is 2. The van der Waals surface area contributed by atoms with Crippen LogP contribution < -0.4 is 5.32 Å². The van der Waals surface area contributed by atoms with E-state index in [1.54, 1.807) is 0 Å². The van der Waals surface area contributed by atoms with E-state index in [-0.39, 0.29) is 0 Å². The van der Waals surface area contributed by atoms with Crippen LogP contribution in [0.3, 0.4) is 0 Å². The third kappa shape index (κ3) is 0.878. The average molecular weight is 139 g/mol. The molecule has 0 radical (unpaired) electrons. The topological polar surface area (TPSA) is 12.0 Å². The Morgan fingerprint density at radius 3 is 2.50 bits per heavy atom. The minimum Gasteiger partial charge on any atom is -0.311 e. The second kappa shape index (κ2) is 2.54. The summed E-state index contributed by atoms with van der Waals surface area (Å²) in [7, 11) is 0. The molecular weight excluding hydrogens is 122 g/mol. The van der Waals surface area contributed by atoms with Gasteiger partial charge in [0.2, 0.25) is 0 Å². The first-order valence-electron chi connectivity index (χ1n) is 4.68. The average Bonchev–Trinajstić information content (AvgIpc) is 2.01. The number of rotatable bonds is 2. The van der Waals surface area contributed by atoms with Crippen LogP contribution in [0.1, 0.15) is 39.0 Å². The van der Waals surface area contributed by atoms with Crippen LogP contribution in [0, 0.1) is 5.92 Å². The molecule has 2 aliphatic heterocycles. The van der Waals surface area contributed by atoms with Gasteiger partial charge >= 0.3 is 0 Å². The van der Waals surface area contributed by atoms with Crippen molar-refractivity contribution in [1.29, 1.82) is 0 Å². The van der Waals surface area contributed by atoms with Crippen molar-refractivity contribution in [2.24, 2.45) is 5.92 Å². The zero-order valence-corrected chi connectivity index (χ0v) is 6.77. The Hall–Kier alpha value is -0.0400. The van der Waals surface area contributed by atoms with Gasteiger partial charge in [-0.2, -0.15) is 0 Å². The molecule has 1 N–H and O–H groups in total. The number of nitrogens with one attached hydrogen (secondary N) is 1. The number of hydrogen-bond donors (Lipinski definition) is 1. The number of piperidine rings is 1. The first kappa shape index (κ1) is 6.66. The summed E-state index contributed by atoms with van der Waals surface area (Å²) in [6, 6.07) is 1.83. The second-order valence-electron chi connectivity index (χ2n) is 3.76. The van der Waals surface area contributed by atoms with Gasteiger partial charge in [0.25, 0.3) is 0 Å². The monoisotopic (exact) mass is 139 g/mol. The van der Waals surface area contributed by atoms with Crippen LogP contribution in [0.15, 0.2) is 0 Å². The zero-order valence-electron chi connectivity index (χ0n) is 6.77. The summed E-state index contributed by atoms with van der Waals surface area (Å²) >= 11 is 0. The molecule has 2 unspecified atom stereocenters.